The second-order valence-electron chi connectivity index (χ2n) is 2.77. The Balaban J connectivity index is 2.92. The van der Waals surface area contributed by atoms with E-state index in [9.17, 15) is 4.79 Å². The summed E-state index contributed by atoms with van der Waals surface area (Å²) in [5.41, 5.74) is 0.890. The molecular weight excluding hydrogens is 150 g/mol. The summed E-state index contributed by atoms with van der Waals surface area (Å²) in [4.78, 5) is 11.4. The third kappa shape index (κ3) is 1.84. The van der Waals surface area contributed by atoms with Crippen molar-refractivity contribution in [3.05, 3.63) is 46.9 Å². The van der Waals surface area contributed by atoms with Crippen molar-refractivity contribution in [1.82, 2.24) is 4.57 Å². The van der Waals surface area contributed by atoms with Gasteiger partial charge < -0.3 is 4.57 Å². The molecule has 0 unspecified atom stereocenters. The largest absolute Gasteiger partial charge is 0.315 e. The first-order chi connectivity index (χ1) is 5.75. The van der Waals surface area contributed by atoms with Gasteiger partial charge in [0.1, 0.15) is 0 Å². The lowest BCUT2D eigenvalue weighted by Gasteiger charge is -2.02. The summed E-state index contributed by atoms with van der Waals surface area (Å²) in [5.74, 6) is 0. The fraction of sp³-hybridized carbons (Fsp3) is 0.300. The lowest BCUT2D eigenvalue weighted by atomic mass is 10.3. The molecule has 64 valence electrons. The average Bonchev–Trinajstić information content (AvgIpc) is 2.08. The van der Waals surface area contributed by atoms with E-state index < -0.39 is 0 Å². The number of hydrogen-bond acceptors (Lipinski definition) is 1. The van der Waals surface area contributed by atoms with Gasteiger partial charge in [-0.1, -0.05) is 12.1 Å². The Hall–Kier alpha value is -1.31. The van der Waals surface area contributed by atoms with Gasteiger partial charge in [-0.05, 0) is 19.4 Å². The Labute approximate surface area is 72.2 Å². The quantitative estimate of drug-likeness (QED) is 0.622. The maximum atomic E-state index is 11.4. The fourth-order valence-electron chi connectivity index (χ4n) is 1.06. The molecular formula is C10H13NO. The second kappa shape index (κ2) is 3.90. The van der Waals surface area contributed by atoms with Crippen LogP contribution in [0.25, 0.3) is 0 Å². The molecule has 0 aliphatic heterocycles. The summed E-state index contributed by atoms with van der Waals surface area (Å²) in [5, 5.41) is 0. The Bertz CT molecular complexity index is 325. The van der Waals surface area contributed by atoms with Crippen LogP contribution < -0.4 is 5.56 Å². The molecule has 0 aliphatic carbocycles. The Kier molecular flexibility index (Phi) is 2.86. The molecule has 0 spiro atoms. The predicted octanol–water partition coefficient (Wildman–Crippen LogP) is 1.73. The Morgan fingerprint density at radius 1 is 1.67 bits per heavy atom. The second-order valence-corrected chi connectivity index (χ2v) is 2.77. The van der Waals surface area contributed by atoms with Crippen molar-refractivity contribution in [3.63, 3.8) is 0 Å². The lowest BCUT2D eigenvalue weighted by molar-refractivity contribution is 0.677. The van der Waals surface area contributed by atoms with E-state index in [-0.39, 0.29) is 5.56 Å². The van der Waals surface area contributed by atoms with Gasteiger partial charge in [0.25, 0.3) is 5.56 Å². The van der Waals surface area contributed by atoms with E-state index >= 15 is 0 Å². The molecule has 2 heteroatoms. The van der Waals surface area contributed by atoms with Crippen molar-refractivity contribution in [2.75, 3.05) is 0 Å². The topological polar surface area (TPSA) is 22.0 Å². The molecule has 0 fully saturated rings. The monoisotopic (exact) mass is 163 g/mol. The molecule has 12 heavy (non-hydrogen) atoms. The first kappa shape index (κ1) is 8.78. The smallest absolute Gasteiger partial charge is 0.253 e. The molecule has 0 aromatic carbocycles. The summed E-state index contributed by atoms with van der Waals surface area (Å²) < 4.78 is 1.71. The van der Waals surface area contributed by atoms with Crippen LogP contribution in [-0.4, -0.2) is 4.57 Å². The summed E-state index contributed by atoms with van der Waals surface area (Å²) >= 11 is 0. The van der Waals surface area contributed by atoms with Gasteiger partial charge in [0.2, 0.25) is 0 Å². The van der Waals surface area contributed by atoms with Crippen molar-refractivity contribution in [2.24, 2.45) is 0 Å². The van der Waals surface area contributed by atoms with Gasteiger partial charge in [0.15, 0.2) is 0 Å². The normalized spacial score (nSPS) is 9.75. The van der Waals surface area contributed by atoms with Gasteiger partial charge in [0.05, 0.1) is 0 Å². The third-order valence-electron chi connectivity index (χ3n) is 1.78. The molecule has 2 nitrogen and oxygen atoms in total. The molecule has 1 aromatic heterocycles. The molecule has 0 aliphatic rings. The van der Waals surface area contributed by atoms with Gasteiger partial charge >= 0.3 is 0 Å². The maximum Gasteiger partial charge on any atom is 0.253 e. The number of nitrogens with zero attached hydrogens (tertiary/aromatic N) is 1. The number of allylic oxidation sites excluding steroid dienone is 1. The molecule has 0 bridgehead atoms. The van der Waals surface area contributed by atoms with Crippen LogP contribution in [-0.2, 0) is 6.54 Å². The molecule has 0 radical (unpaired) electrons. The van der Waals surface area contributed by atoms with E-state index in [1.807, 2.05) is 25.1 Å². The van der Waals surface area contributed by atoms with Gasteiger partial charge in [-0.15, -0.1) is 6.58 Å². The number of pyridine rings is 1. The van der Waals surface area contributed by atoms with Crippen molar-refractivity contribution >= 4 is 0 Å². The molecule has 0 atom stereocenters. The molecule has 0 amide bonds. The highest BCUT2D eigenvalue weighted by Crippen LogP contribution is 1.91. The Morgan fingerprint density at radius 2 is 2.42 bits per heavy atom. The van der Waals surface area contributed by atoms with Crippen LogP contribution in [0.1, 0.15) is 12.0 Å². The number of aromatic nitrogens is 1. The fourth-order valence-corrected chi connectivity index (χ4v) is 1.06. The van der Waals surface area contributed by atoms with E-state index in [1.165, 1.54) is 0 Å². The zero-order valence-corrected chi connectivity index (χ0v) is 7.29. The van der Waals surface area contributed by atoms with Crippen LogP contribution >= 0.6 is 0 Å². The first-order valence-corrected chi connectivity index (χ1v) is 4.02. The van der Waals surface area contributed by atoms with Gasteiger partial charge in [-0.25, -0.2) is 0 Å². The Morgan fingerprint density at radius 3 is 3.08 bits per heavy atom. The minimum Gasteiger partial charge on any atom is -0.315 e. The highest BCUT2D eigenvalue weighted by atomic mass is 16.1. The molecule has 1 heterocycles. The van der Waals surface area contributed by atoms with Crippen molar-refractivity contribution in [1.29, 1.82) is 0 Å². The summed E-state index contributed by atoms with van der Waals surface area (Å²) in [6.45, 7) is 6.16. The van der Waals surface area contributed by atoms with E-state index in [1.54, 1.807) is 10.8 Å². The number of aryl methyl sites for hydroxylation is 2. The molecule has 0 saturated heterocycles. The van der Waals surface area contributed by atoms with E-state index in [0.29, 0.717) is 0 Å². The highest BCUT2D eigenvalue weighted by molar-refractivity contribution is 5.07. The molecule has 1 rings (SSSR count). The minimum atomic E-state index is 0.0966. The van der Waals surface area contributed by atoms with E-state index in [4.69, 9.17) is 0 Å². The van der Waals surface area contributed by atoms with Crippen LogP contribution in [0.5, 0.6) is 0 Å². The van der Waals surface area contributed by atoms with E-state index in [0.717, 1.165) is 18.5 Å². The number of rotatable bonds is 3. The number of hydrogen-bond donors (Lipinski definition) is 0. The van der Waals surface area contributed by atoms with Crippen LogP contribution in [0.3, 0.4) is 0 Å². The average molecular weight is 163 g/mol. The first-order valence-electron chi connectivity index (χ1n) is 4.02. The standard InChI is InChI=1S/C10H13NO/c1-3-4-7-11-8-5-6-9(2)10(11)12/h3,5-6,8H,1,4,7H2,2H3. The molecule has 1 aromatic rings. The maximum absolute atomic E-state index is 11.4. The predicted molar refractivity (Wildman–Crippen MR) is 50.3 cm³/mol. The molecule has 0 saturated carbocycles. The van der Waals surface area contributed by atoms with Crippen molar-refractivity contribution < 1.29 is 0 Å². The van der Waals surface area contributed by atoms with E-state index in [2.05, 4.69) is 6.58 Å². The third-order valence-corrected chi connectivity index (χ3v) is 1.78. The zero-order chi connectivity index (χ0) is 8.97. The summed E-state index contributed by atoms with van der Waals surface area (Å²) in [6.07, 6.45) is 4.46. The summed E-state index contributed by atoms with van der Waals surface area (Å²) in [7, 11) is 0. The van der Waals surface area contributed by atoms with Gasteiger partial charge in [0, 0.05) is 18.3 Å². The van der Waals surface area contributed by atoms with Crippen LogP contribution in [0, 0.1) is 6.92 Å². The van der Waals surface area contributed by atoms with Crippen LogP contribution in [0.4, 0.5) is 0 Å². The van der Waals surface area contributed by atoms with Crippen LogP contribution in [0.2, 0.25) is 0 Å². The van der Waals surface area contributed by atoms with Crippen molar-refractivity contribution in [2.45, 2.75) is 19.9 Å². The van der Waals surface area contributed by atoms with Gasteiger partial charge in [-0.3, -0.25) is 4.79 Å². The van der Waals surface area contributed by atoms with Gasteiger partial charge in [-0.2, -0.15) is 0 Å². The lowest BCUT2D eigenvalue weighted by Crippen LogP contribution is -2.20. The molecule has 0 N–H and O–H groups in total. The van der Waals surface area contributed by atoms with Crippen molar-refractivity contribution in [3.8, 4) is 0 Å². The summed E-state index contributed by atoms with van der Waals surface area (Å²) in [6, 6.07) is 3.71. The highest BCUT2D eigenvalue weighted by Gasteiger charge is 1.95. The SMILES string of the molecule is C=CCCn1cccc(C)c1=O. The van der Waals surface area contributed by atoms with Crippen LogP contribution in [0.15, 0.2) is 35.8 Å². The minimum absolute atomic E-state index is 0.0966. The zero-order valence-electron chi connectivity index (χ0n) is 7.29.